The van der Waals surface area contributed by atoms with Crippen molar-refractivity contribution in [3.63, 3.8) is 0 Å². The van der Waals surface area contributed by atoms with Crippen LogP contribution in [0.1, 0.15) is 19.5 Å². The molecule has 0 fully saturated rings. The van der Waals surface area contributed by atoms with Gasteiger partial charge >= 0.3 is 0 Å². The molecule has 0 atom stereocenters. The first-order chi connectivity index (χ1) is 15.1. The molecule has 0 aliphatic carbocycles. The van der Waals surface area contributed by atoms with Crippen molar-refractivity contribution in [1.82, 2.24) is 14.1 Å². The van der Waals surface area contributed by atoms with E-state index < -0.39 is 13.9 Å². The number of pyridine rings is 2. The Morgan fingerprint density at radius 3 is 2.72 bits per heavy atom. The fourth-order valence-corrected chi connectivity index (χ4v) is 4.03. The Morgan fingerprint density at radius 2 is 2.03 bits per heavy atom. The molecule has 7 nitrogen and oxygen atoms in total. The third-order valence-electron chi connectivity index (χ3n) is 5.07. The second kappa shape index (κ2) is 9.87. The lowest BCUT2D eigenvalue weighted by Crippen LogP contribution is -2.24. The molecule has 3 aromatic heterocycles. The van der Waals surface area contributed by atoms with Gasteiger partial charge in [0.1, 0.15) is 12.2 Å². The normalized spacial score (nSPS) is 12.1. The number of halogens is 1. The summed E-state index contributed by atoms with van der Waals surface area (Å²) in [5.74, 6) is -0.129. The van der Waals surface area contributed by atoms with E-state index in [2.05, 4.69) is 24.6 Å². The summed E-state index contributed by atoms with van der Waals surface area (Å²) in [6.45, 7) is 12.3. The molecule has 0 unspecified atom stereocenters. The third kappa shape index (κ3) is 5.77. The minimum Gasteiger partial charge on any atom is -0.488 e. The van der Waals surface area contributed by atoms with Gasteiger partial charge in [-0.3, -0.25) is 9.78 Å². The molecule has 0 saturated carbocycles. The lowest BCUT2D eigenvalue weighted by molar-refractivity contribution is 0.0878. The first kappa shape index (κ1) is 24.0. The average molecular weight is 461 g/mol. The second-order valence-corrected chi connectivity index (χ2v) is 15.3. The van der Waals surface area contributed by atoms with Crippen molar-refractivity contribution < 1.29 is 13.9 Å². The molecule has 0 saturated heterocycles. The summed E-state index contributed by atoms with van der Waals surface area (Å²) >= 11 is 0. The number of anilines is 1. The van der Waals surface area contributed by atoms with E-state index in [1.165, 1.54) is 10.8 Å². The SMILES string of the molecule is CC(C)COc1c(F)cnc2cc(Cn3cccc(N)c3=O)n(COCC[Si](C)(C)C)c12. The first-order valence-corrected chi connectivity index (χ1v) is 14.6. The highest BCUT2D eigenvalue weighted by molar-refractivity contribution is 6.76. The van der Waals surface area contributed by atoms with Crippen molar-refractivity contribution >= 4 is 24.8 Å². The highest BCUT2D eigenvalue weighted by Crippen LogP contribution is 2.31. The predicted molar refractivity (Wildman–Crippen MR) is 128 cm³/mol. The summed E-state index contributed by atoms with van der Waals surface area (Å²) in [6, 6.07) is 6.15. The fourth-order valence-electron chi connectivity index (χ4n) is 3.28. The largest absolute Gasteiger partial charge is 0.488 e. The van der Waals surface area contributed by atoms with Crippen LogP contribution in [0.3, 0.4) is 0 Å². The highest BCUT2D eigenvalue weighted by atomic mass is 28.3. The summed E-state index contributed by atoms with van der Waals surface area (Å²) in [4.78, 5) is 16.7. The molecule has 32 heavy (non-hydrogen) atoms. The first-order valence-electron chi connectivity index (χ1n) is 10.9. The van der Waals surface area contributed by atoms with Crippen molar-refractivity contribution in [2.45, 2.75) is 52.8 Å². The summed E-state index contributed by atoms with van der Waals surface area (Å²) < 4.78 is 29.9. The van der Waals surface area contributed by atoms with Gasteiger partial charge in [-0.15, -0.1) is 0 Å². The van der Waals surface area contributed by atoms with E-state index >= 15 is 0 Å². The fraction of sp³-hybridized carbons (Fsp3) is 0.478. The molecule has 0 spiro atoms. The van der Waals surface area contributed by atoms with Crippen LogP contribution in [0.25, 0.3) is 11.0 Å². The Balaban J connectivity index is 2.03. The van der Waals surface area contributed by atoms with Crippen molar-refractivity contribution in [3.05, 3.63) is 52.5 Å². The highest BCUT2D eigenvalue weighted by Gasteiger charge is 2.20. The van der Waals surface area contributed by atoms with Crippen LogP contribution in [-0.4, -0.2) is 35.4 Å². The molecule has 9 heteroatoms. The number of aromatic nitrogens is 3. The van der Waals surface area contributed by atoms with Crippen molar-refractivity contribution in [3.8, 4) is 5.75 Å². The van der Waals surface area contributed by atoms with E-state index in [1.54, 1.807) is 18.3 Å². The molecule has 2 N–H and O–H groups in total. The Hall–Kier alpha value is -2.65. The molecule has 0 aliphatic rings. The molecule has 3 heterocycles. The maximum absolute atomic E-state index is 14.7. The van der Waals surface area contributed by atoms with Crippen molar-refractivity contribution in [2.24, 2.45) is 5.92 Å². The van der Waals surface area contributed by atoms with Crippen LogP contribution in [0.15, 0.2) is 35.4 Å². The van der Waals surface area contributed by atoms with E-state index in [9.17, 15) is 9.18 Å². The van der Waals surface area contributed by atoms with Gasteiger partial charge in [0.25, 0.3) is 5.56 Å². The van der Waals surface area contributed by atoms with Gasteiger partial charge in [-0.2, -0.15) is 0 Å². The van der Waals surface area contributed by atoms with Crippen LogP contribution in [0.5, 0.6) is 5.75 Å². The van der Waals surface area contributed by atoms with E-state index in [-0.39, 0.29) is 36.2 Å². The molecular formula is C23H33FN4O3Si. The molecule has 3 rings (SSSR count). The number of nitrogens with zero attached hydrogens (tertiary/aromatic N) is 3. The summed E-state index contributed by atoms with van der Waals surface area (Å²) in [5, 5.41) is 0. The van der Waals surface area contributed by atoms with Gasteiger partial charge in [0.15, 0.2) is 11.6 Å². The maximum atomic E-state index is 14.7. The van der Waals surface area contributed by atoms with Gasteiger partial charge in [-0.25, -0.2) is 4.39 Å². The van der Waals surface area contributed by atoms with Gasteiger partial charge in [0.05, 0.1) is 30.6 Å². The van der Waals surface area contributed by atoms with Gasteiger partial charge in [-0.1, -0.05) is 33.5 Å². The van der Waals surface area contributed by atoms with Crippen LogP contribution in [-0.2, 0) is 18.0 Å². The van der Waals surface area contributed by atoms with Gasteiger partial charge in [0.2, 0.25) is 0 Å². The van der Waals surface area contributed by atoms with Gasteiger partial charge in [-0.05, 0) is 30.2 Å². The lowest BCUT2D eigenvalue weighted by Gasteiger charge is -2.18. The Kier molecular flexibility index (Phi) is 7.40. The predicted octanol–water partition coefficient (Wildman–Crippen LogP) is 4.31. The van der Waals surface area contributed by atoms with Crippen LogP contribution in [0.4, 0.5) is 10.1 Å². The quantitative estimate of drug-likeness (QED) is 0.360. The van der Waals surface area contributed by atoms with Crippen LogP contribution < -0.4 is 16.0 Å². The van der Waals surface area contributed by atoms with Crippen LogP contribution >= 0.6 is 0 Å². The Bertz CT molecular complexity index is 1130. The van der Waals surface area contributed by atoms with E-state index in [0.717, 1.165) is 11.7 Å². The topological polar surface area (TPSA) is 84.3 Å². The lowest BCUT2D eigenvalue weighted by atomic mass is 10.2. The number of hydrogen-bond acceptors (Lipinski definition) is 5. The van der Waals surface area contributed by atoms with E-state index in [1.807, 2.05) is 24.5 Å². The molecule has 174 valence electrons. The molecule has 0 aliphatic heterocycles. The number of hydrogen-bond donors (Lipinski definition) is 1. The number of rotatable bonds is 10. The summed E-state index contributed by atoms with van der Waals surface area (Å²) in [7, 11) is -1.26. The second-order valence-electron chi connectivity index (χ2n) is 9.68. The molecule has 3 aromatic rings. The molecule has 0 amide bonds. The summed E-state index contributed by atoms with van der Waals surface area (Å²) in [5.41, 5.74) is 7.57. The standard InChI is InChI=1S/C23H33FN4O3Si/c1-16(2)14-31-22-18(24)12-26-20-11-17(13-27-8-6-7-19(25)23(27)29)28(21(20)22)15-30-9-10-32(3,4)5/h6-8,11-12,16H,9-10,13-15,25H2,1-5H3. The van der Waals surface area contributed by atoms with E-state index in [4.69, 9.17) is 15.2 Å². The third-order valence-corrected chi connectivity index (χ3v) is 6.78. The van der Waals surface area contributed by atoms with Gasteiger partial charge < -0.3 is 24.3 Å². The molecule has 0 aromatic carbocycles. The number of nitrogens with two attached hydrogens (primary N) is 1. The molecule has 0 bridgehead atoms. The maximum Gasteiger partial charge on any atom is 0.274 e. The Labute approximate surface area is 189 Å². The minimum atomic E-state index is -1.26. The number of nitrogen functional groups attached to an aromatic ring is 1. The van der Waals surface area contributed by atoms with Crippen LogP contribution in [0, 0.1) is 11.7 Å². The smallest absolute Gasteiger partial charge is 0.274 e. The number of ether oxygens (including phenoxy) is 2. The zero-order valence-corrected chi connectivity index (χ0v) is 20.5. The zero-order chi connectivity index (χ0) is 23.5. The molecular weight excluding hydrogens is 427 g/mol. The zero-order valence-electron chi connectivity index (χ0n) is 19.5. The minimum absolute atomic E-state index is 0.156. The summed E-state index contributed by atoms with van der Waals surface area (Å²) in [6.07, 6.45) is 2.85. The van der Waals surface area contributed by atoms with Crippen molar-refractivity contribution in [2.75, 3.05) is 18.9 Å². The Morgan fingerprint density at radius 1 is 1.28 bits per heavy atom. The van der Waals surface area contributed by atoms with Gasteiger partial charge in [0, 0.05) is 26.6 Å². The van der Waals surface area contributed by atoms with E-state index in [0.29, 0.717) is 24.2 Å². The number of fused-ring (bicyclic) bond motifs is 1. The molecule has 0 radical (unpaired) electrons. The van der Waals surface area contributed by atoms with Crippen molar-refractivity contribution in [1.29, 1.82) is 0 Å². The average Bonchev–Trinajstić information content (AvgIpc) is 3.04. The monoisotopic (exact) mass is 460 g/mol. The van der Waals surface area contributed by atoms with Crippen LogP contribution in [0.2, 0.25) is 25.7 Å².